The van der Waals surface area contributed by atoms with E-state index in [1.54, 1.807) is 6.26 Å². The highest BCUT2D eigenvalue weighted by Gasteiger charge is 2.45. The van der Waals surface area contributed by atoms with E-state index in [1.807, 2.05) is 0 Å². The van der Waals surface area contributed by atoms with Crippen LogP contribution < -0.4 is 0 Å². The largest absolute Gasteiger partial charge is 0.501 e. The van der Waals surface area contributed by atoms with Crippen molar-refractivity contribution in [3.8, 4) is 0 Å². The van der Waals surface area contributed by atoms with Crippen LogP contribution in [-0.4, -0.2) is 30.5 Å². The predicted molar refractivity (Wildman–Crippen MR) is 48.2 cm³/mol. The van der Waals surface area contributed by atoms with Gasteiger partial charge in [0.15, 0.2) is 0 Å². The van der Waals surface area contributed by atoms with Gasteiger partial charge in [-0.1, -0.05) is 6.92 Å². The Kier molecular flexibility index (Phi) is 2.30. The van der Waals surface area contributed by atoms with Gasteiger partial charge >= 0.3 is 0 Å². The SMILES string of the molecule is CCC1COCC1(O)C1=COCC1. The average molecular weight is 184 g/mol. The van der Waals surface area contributed by atoms with Crippen molar-refractivity contribution in [2.45, 2.75) is 25.4 Å². The molecule has 2 aliphatic rings. The molecule has 2 heterocycles. The molecule has 3 heteroatoms. The topological polar surface area (TPSA) is 38.7 Å². The van der Waals surface area contributed by atoms with Crippen molar-refractivity contribution < 1.29 is 14.6 Å². The minimum absolute atomic E-state index is 0.237. The molecule has 0 aromatic rings. The Morgan fingerprint density at radius 2 is 2.54 bits per heavy atom. The normalized spacial score (nSPS) is 38.9. The summed E-state index contributed by atoms with van der Waals surface area (Å²) in [6.45, 7) is 3.89. The second kappa shape index (κ2) is 3.31. The number of hydrogen-bond donors (Lipinski definition) is 1. The molecule has 0 spiro atoms. The lowest BCUT2D eigenvalue weighted by Crippen LogP contribution is -2.38. The molecular formula is C10H16O3. The van der Waals surface area contributed by atoms with E-state index < -0.39 is 5.60 Å². The highest BCUT2D eigenvalue weighted by atomic mass is 16.5. The summed E-state index contributed by atoms with van der Waals surface area (Å²) in [6, 6.07) is 0. The maximum atomic E-state index is 10.4. The molecule has 2 aliphatic heterocycles. The van der Waals surface area contributed by atoms with Gasteiger partial charge in [0, 0.05) is 17.9 Å². The molecule has 0 amide bonds. The maximum Gasteiger partial charge on any atom is 0.117 e. The van der Waals surface area contributed by atoms with Gasteiger partial charge in [0.1, 0.15) is 5.60 Å². The van der Waals surface area contributed by atoms with Crippen molar-refractivity contribution in [1.29, 1.82) is 0 Å². The standard InChI is InChI=1S/C10H16O3/c1-2-8-5-13-7-10(8,11)9-3-4-12-6-9/h6,8,11H,2-5,7H2,1H3. The zero-order chi connectivity index (χ0) is 9.31. The number of hydrogen-bond acceptors (Lipinski definition) is 3. The summed E-state index contributed by atoms with van der Waals surface area (Å²) in [6.07, 6.45) is 3.50. The van der Waals surface area contributed by atoms with Gasteiger partial charge in [-0.2, -0.15) is 0 Å². The first-order valence-corrected chi connectivity index (χ1v) is 4.88. The van der Waals surface area contributed by atoms with Crippen LogP contribution in [0.15, 0.2) is 11.8 Å². The van der Waals surface area contributed by atoms with Gasteiger partial charge in [0.25, 0.3) is 0 Å². The van der Waals surface area contributed by atoms with Crippen molar-refractivity contribution in [2.75, 3.05) is 19.8 Å². The first kappa shape index (κ1) is 9.03. The molecule has 2 rings (SSSR count). The molecule has 2 unspecified atom stereocenters. The van der Waals surface area contributed by atoms with Gasteiger partial charge in [0.2, 0.25) is 0 Å². The quantitative estimate of drug-likeness (QED) is 0.698. The summed E-state index contributed by atoms with van der Waals surface area (Å²) in [5, 5.41) is 10.4. The fraction of sp³-hybridized carbons (Fsp3) is 0.800. The molecule has 0 saturated carbocycles. The van der Waals surface area contributed by atoms with Gasteiger partial charge in [-0.3, -0.25) is 0 Å². The van der Waals surface area contributed by atoms with Crippen LogP contribution in [0, 0.1) is 5.92 Å². The Labute approximate surface area is 78.3 Å². The maximum absolute atomic E-state index is 10.4. The molecule has 1 fully saturated rings. The first-order valence-electron chi connectivity index (χ1n) is 4.88. The minimum atomic E-state index is -0.745. The molecule has 13 heavy (non-hydrogen) atoms. The smallest absolute Gasteiger partial charge is 0.117 e. The minimum Gasteiger partial charge on any atom is -0.501 e. The Morgan fingerprint density at radius 1 is 1.69 bits per heavy atom. The van der Waals surface area contributed by atoms with E-state index >= 15 is 0 Å². The van der Waals surface area contributed by atoms with Gasteiger partial charge in [-0.25, -0.2) is 0 Å². The van der Waals surface area contributed by atoms with Gasteiger partial charge in [-0.15, -0.1) is 0 Å². The van der Waals surface area contributed by atoms with Crippen LogP contribution in [0.5, 0.6) is 0 Å². The first-order chi connectivity index (χ1) is 6.27. The lowest BCUT2D eigenvalue weighted by Gasteiger charge is -2.27. The molecule has 3 nitrogen and oxygen atoms in total. The fourth-order valence-electron chi connectivity index (χ4n) is 2.13. The van der Waals surface area contributed by atoms with E-state index in [1.165, 1.54) is 0 Å². The number of ether oxygens (including phenoxy) is 2. The molecule has 0 aromatic carbocycles. The predicted octanol–water partition coefficient (Wildman–Crippen LogP) is 1.08. The highest BCUT2D eigenvalue weighted by Crippen LogP contribution is 2.37. The van der Waals surface area contributed by atoms with Crippen molar-refractivity contribution in [2.24, 2.45) is 5.92 Å². The molecule has 0 aromatic heterocycles. The third kappa shape index (κ3) is 1.36. The second-order valence-corrected chi connectivity index (χ2v) is 3.81. The molecule has 1 saturated heterocycles. The van der Waals surface area contributed by atoms with E-state index in [0.29, 0.717) is 19.8 Å². The molecule has 0 bridgehead atoms. The third-order valence-electron chi connectivity index (χ3n) is 3.08. The molecule has 0 aliphatic carbocycles. The number of aliphatic hydroxyl groups is 1. The Hall–Kier alpha value is -0.540. The Balaban J connectivity index is 2.17. The van der Waals surface area contributed by atoms with Crippen LogP contribution in [0.25, 0.3) is 0 Å². The summed E-state index contributed by atoms with van der Waals surface area (Å²) in [5.74, 6) is 0.237. The molecule has 1 N–H and O–H groups in total. The van der Waals surface area contributed by atoms with E-state index in [2.05, 4.69) is 6.92 Å². The fourth-order valence-corrected chi connectivity index (χ4v) is 2.13. The van der Waals surface area contributed by atoms with Crippen molar-refractivity contribution in [1.82, 2.24) is 0 Å². The van der Waals surface area contributed by atoms with Gasteiger partial charge < -0.3 is 14.6 Å². The summed E-state index contributed by atoms with van der Waals surface area (Å²) in [7, 11) is 0. The van der Waals surface area contributed by atoms with E-state index in [4.69, 9.17) is 9.47 Å². The van der Waals surface area contributed by atoms with Crippen LogP contribution in [0.4, 0.5) is 0 Å². The van der Waals surface area contributed by atoms with E-state index in [-0.39, 0.29) is 5.92 Å². The van der Waals surface area contributed by atoms with Crippen molar-refractivity contribution in [3.63, 3.8) is 0 Å². The van der Waals surface area contributed by atoms with Crippen LogP contribution in [-0.2, 0) is 9.47 Å². The molecule has 2 atom stereocenters. The van der Waals surface area contributed by atoms with Crippen molar-refractivity contribution >= 4 is 0 Å². The summed E-state index contributed by atoms with van der Waals surface area (Å²) < 4.78 is 10.5. The van der Waals surface area contributed by atoms with Gasteiger partial charge in [0.05, 0.1) is 26.1 Å². The Morgan fingerprint density at radius 3 is 3.15 bits per heavy atom. The summed E-state index contributed by atoms with van der Waals surface area (Å²) in [5.41, 5.74) is 0.266. The molecule has 74 valence electrons. The summed E-state index contributed by atoms with van der Waals surface area (Å²) in [4.78, 5) is 0. The van der Waals surface area contributed by atoms with E-state index in [9.17, 15) is 5.11 Å². The highest BCUT2D eigenvalue weighted by molar-refractivity contribution is 5.21. The average Bonchev–Trinajstić information content (AvgIpc) is 2.72. The van der Waals surface area contributed by atoms with E-state index in [0.717, 1.165) is 18.4 Å². The van der Waals surface area contributed by atoms with Crippen LogP contribution >= 0.6 is 0 Å². The van der Waals surface area contributed by atoms with Gasteiger partial charge in [-0.05, 0) is 6.42 Å². The van der Waals surface area contributed by atoms with Crippen LogP contribution in [0.2, 0.25) is 0 Å². The van der Waals surface area contributed by atoms with Crippen LogP contribution in [0.1, 0.15) is 19.8 Å². The third-order valence-corrected chi connectivity index (χ3v) is 3.08. The Bertz CT molecular complexity index is 224. The lowest BCUT2D eigenvalue weighted by molar-refractivity contribution is 0.0329. The lowest BCUT2D eigenvalue weighted by atomic mass is 9.82. The molecule has 0 radical (unpaired) electrons. The van der Waals surface area contributed by atoms with Crippen molar-refractivity contribution in [3.05, 3.63) is 11.8 Å². The van der Waals surface area contributed by atoms with Crippen LogP contribution in [0.3, 0.4) is 0 Å². The zero-order valence-electron chi connectivity index (χ0n) is 7.95. The summed E-state index contributed by atoms with van der Waals surface area (Å²) >= 11 is 0. The number of rotatable bonds is 2. The zero-order valence-corrected chi connectivity index (χ0v) is 7.95. The second-order valence-electron chi connectivity index (χ2n) is 3.81. The molecular weight excluding hydrogens is 168 g/mol. The monoisotopic (exact) mass is 184 g/mol.